The Balaban J connectivity index is 1.85. The summed E-state index contributed by atoms with van der Waals surface area (Å²) in [5, 5.41) is 2.12. The molecule has 0 radical (unpaired) electrons. The van der Waals surface area contributed by atoms with Gasteiger partial charge in [0.25, 0.3) is 0 Å². The van der Waals surface area contributed by atoms with E-state index in [0.29, 0.717) is 12.3 Å². The quantitative estimate of drug-likeness (QED) is 0.733. The van der Waals surface area contributed by atoms with Gasteiger partial charge in [-0.05, 0) is 30.2 Å². The summed E-state index contributed by atoms with van der Waals surface area (Å²) in [4.78, 5) is 0.163. The fourth-order valence-electron chi connectivity index (χ4n) is 3.49. The summed E-state index contributed by atoms with van der Waals surface area (Å²) in [5.41, 5.74) is 1.88. The van der Waals surface area contributed by atoms with Crippen molar-refractivity contribution in [3.8, 4) is 5.75 Å². The number of rotatable bonds is 7. The fourth-order valence-corrected chi connectivity index (χ4v) is 8.21. The first kappa shape index (κ1) is 20.8. The van der Waals surface area contributed by atoms with Gasteiger partial charge >= 0.3 is 0 Å². The molecule has 1 fully saturated rings. The average molecular weight is 424 g/mol. The van der Waals surface area contributed by atoms with Crippen molar-refractivity contribution in [3.63, 3.8) is 0 Å². The molecule has 1 heterocycles. The number of benzene rings is 2. The summed E-state index contributed by atoms with van der Waals surface area (Å²) in [5.74, 6) is 0.110. The smallest absolute Gasteiger partial charge is 0.183 e. The van der Waals surface area contributed by atoms with Gasteiger partial charge in [-0.2, -0.15) is 0 Å². The molecule has 1 saturated heterocycles. The minimum absolute atomic E-state index is 0.163. The van der Waals surface area contributed by atoms with Crippen LogP contribution in [0.5, 0.6) is 5.75 Å². The maximum Gasteiger partial charge on any atom is 0.183 e. The molecule has 0 bridgehead atoms. The standard InChI is InChI=1S/C20H25NO5S2/c1-3-15-8-10-17(11-9-15)28(24,25)20-14-27(22,23)13-18(20)21-12-16-6-4-5-7-19(16)26-2/h4-11,18,20-21H,3,12-14H2,1-2H3. The molecule has 0 aromatic heterocycles. The highest BCUT2D eigenvalue weighted by Crippen LogP contribution is 2.27. The molecule has 2 unspecified atom stereocenters. The number of ether oxygens (including phenoxy) is 1. The maximum absolute atomic E-state index is 13.1. The number of sulfone groups is 2. The summed E-state index contributed by atoms with van der Waals surface area (Å²) in [6.45, 7) is 2.32. The van der Waals surface area contributed by atoms with Gasteiger partial charge < -0.3 is 10.1 Å². The van der Waals surface area contributed by atoms with Crippen molar-refractivity contribution in [1.82, 2.24) is 5.32 Å². The molecule has 2 aromatic rings. The van der Waals surface area contributed by atoms with Gasteiger partial charge in [-0.15, -0.1) is 0 Å². The molecule has 8 heteroatoms. The second-order valence-electron chi connectivity index (χ2n) is 6.96. The molecule has 0 aliphatic carbocycles. The van der Waals surface area contributed by atoms with Crippen molar-refractivity contribution in [3.05, 3.63) is 59.7 Å². The molecule has 6 nitrogen and oxygen atoms in total. The first-order valence-electron chi connectivity index (χ1n) is 9.15. The van der Waals surface area contributed by atoms with Gasteiger partial charge in [-0.3, -0.25) is 0 Å². The summed E-state index contributed by atoms with van der Waals surface area (Å²) in [6.07, 6.45) is 0.807. The molecule has 2 aromatic carbocycles. The second kappa shape index (κ2) is 8.23. The first-order valence-corrected chi connectivity index (χ1v) is 12.5. The molecule has 1 aliphatic heterocycles. The predicted octanol–water partition coefficient (Wildman–Crippen LogP) is 1.99. The lowest BCUT2D eigenvalue weighted by atomic mass is 10.1. The SMILES string of the molecule is CCc1ccc(S(=O)(=O)C2CS(=O)(=O)CC2NCc2ccccc2OC)cc1. The van der Waals surface area contributed by atoms with Gasteiger partial charge in [0.2, 0.25) is 0 Å². The number of methoxy groups -OCH3 is 1. The van der Waals surface area contributed by atoms with Gasteiger partial charge in [0.15, 0.2) is 19.7 Å². The summed E-state index contributed by atoms with van der Waals surface area (Å²) < 4.78 is 56.1. The van der Waals surface area contributed by atoms with Gasteiger partial charge in [-0.1, -0.05) is 37.3 Å². The van der Waals surface area contributed by atoms with E-state index >= 15 is 0 Å². The van der Waals surface area contributed by atoms with Crippen molar-refractivity contribution in [2.45, 2.75) is 36.1 Å². The number of para-hydroxylation sites is 1. The molecule has 0 amide bonds. The zero-order valence-electron chi connectivity index (χ0n) is 16.0. The van der Waals surface area contributed by atoms with Crippen LogP contribution in [0.4, 0.5) is 0 Å². The molecule has 3 rings (SSSR count). The van der Waals surface area contributed by atoms with Crippen LogP contribution in [0.3, 0.4) is 0 Å². The fraction of sp³-hybridized carbons (Fsp3) is 0.400. The van der Waals surface area contributed by atoms with Gasteiger partial charge in [0.05, 0.1) is 28.8 Å². The molecule has 1 N–H and O–H groups in total. The van der Waals surface area contributed by atoms with Crippen LogP contribution in [0.25, 0.3) is 0 Å². The van der Waals surface area contributed by atoms with Crippen LogP contribution in [0.1, 0.15) is 18.1 Å². The van der Waals surface area contributed by atoms with E-state index in [9.17, 15) is 16.8 Å². The Kier molecular flexibility index (Phi) is 6.12. The molecule has 1 aliphatic rings. The zero-order chi connectivity index (χ0) is 20.4. The second-order valence-corrected chi connectivity index (χ2v) is 11.3. The van der Waals surface area contributed by atoms with Crippen LogP contribution in [-0.2, 0) is 32.6 Å². The Labute approximate surface area is 166 Å². The molecule has 2 atom stereocenters. The summed E-state index contributed by atoms with van der Waals surface area (Å²) >= 11 is 0. The lowest BCUT2D eigenvalue weighted by Crippen LogP contribution is -2.43. The first-order chi connectivity index (χ1) is 13.3. The summed E-state index contributed by atoms with van der Waals surface area (Å²) in [6, 6.07) is 13.4. The number of hydrogen-bond acceptors (Lipinski definition) is 6. The molecule has 28 heavy (non-hydrogen) atoms. The van der Waals surface area contributed by atoms with Crippen LogP contribution in [0.15, 0.2) is 53.4 Å². The van der Waals surface area contributed by atoms with Crippen LogP contribution >= 0.6 is 0 Å². The van der Waals surface area contributed by atoms with Gasteiger partial charge in [-0.25, -0.2) is 16.8 Å². The number of aryl methyl sites for hydroxylation is 1. The highest BCUT2D eigenvalue weighted by atomic mass is 32.2. The van der Waals surface area contributed by atoms with E-state index in [0.717, 1.165) is 17.5 Å². The monoisotopic (exact) mass is 423 g/mol. The average Bonchev–Trinajstić information content (AvgIpc) is 3.02. The molecule has 152 valence electrons. The van der Waals surface area contributed by atoms with Crippen LogP contribution < -0.4 is 10.1 Å². The van der Waals surface area contributed by atoms with E-state index < -0.39 is 31.0 Å². The van der Waals surface area contributed by atoms with E-state index in [4.69, 9.17) is 4.74 Å². The van der Waals surface area contributed by atoms with Gasteiger partial charge in [0, 0.05) is 18.2 Å². The Morgan fingerprint density at radius 3 is 2.39 bits per heavy atom. The van der Waals surface area contributed by atoms with Crippen molar-refractivity contribution >= 4 is 19.7 Å². The third-order valence-corrected chi connectivity index (χ3v) is 9.27. The Hall–Kier alpha value is -1.90. The van der Waals surface area contributed by atoms with E-state index in [-0.39, 0.29) is 16.4 Å². The van der Waals surface area contributed by atoms with Crippen molar-refractivity contribution in [2.24, 2.45) is 0 Å². The van der Waals surface area contributed by atoms with E-state index in [1.54, 1.807) is 31.4 Å². The van der Waals surface area contributed by atoms with Crippen molar-refractivity contribution in [2.75, 3.05) is 18.6 Å². The maximum atomic E-state index is 13.1. The lowest BCUT2D eigenvalue weighted by Gasteiger charge is -2.21. The highest BCUT2D eigenvalue weighted by molar-refractivity contribution is 7.96. The van der Waals surface area contributed by atoms with Crippen LogP contribution in [-0.4, -0.2) is 46.7 Å². The highest BCUT2D eigenvalue weighted by Gasteiger charge is 2.45. The Morgan fingerprint density at radius 1 is 1.07 bits per heavy atom. The summed E-state index contributed by atoms with van der Waals surface area (Å²) in [7, 11) is -5.66. The predicted molar refractivity (Wildman–Crippen MR) is 109 cm³/mol. The minimum atomic E-state index is -3.78. The molecule has 0 saturated carbocycles. The Bertz CT molecular complexity index is 1030. The number of nitrogens with one attached hydrogen (secondary N) is 1. The molecular formula is C20H25NO5S2. The van der Waals surface area contributed by atoms with E-state index in [1.807, 2.05) is 31.2 Å². The topological polar surface area (TPSA) is 89.5 Å². The lowest BCUT2D eigenvalue weighted by molar-refractivity contribution is 0.406. The third kappa shape index (κ3) is 4.39. The molecular weight excluding hydrogens is 398 g/mol. The van der Waals surface area contributed by atoms with E-state index in [2.05, 4.69) is 5.32 Å². The molecule has 0 spiro atoms. The number of hydrogen-bond donors (Lipinski definition) is 1. The van der Waals surface area contributed by atoms with E-state index in [1.165, 1.54) is 0 Å². The minimum Gasteiger partial charge on any atom is -0.496 e. The van der Waals surface area contributed by atoms with Crippen LogP contribution in [0, 0.1) is 0 Å². The largest absolute Gasteiger partial charge is 0.496 e. The normalized spacial score (nSPS) is 21.5. The van der Waals surface area contributed by atoms with Crippen molar-refractivity contribution < 1.29 is 21.6 Å². The Morgan fingerprint density at radius 2 is 1.75 bits per heavy atom. The van der Waals surface area contributed by atoms with Gasteiger partial charge in [0.1, 0.15) is 5.75 Å². The zero-order valence-corrected chi connectivity index (χ0v) is 17.6. The third-order valence-electron chi connectivity index (χ3n) is 5.11. The van der Waals surface area contributed by atoms with Crippen LogP contribution in [0.2, 0.25) is 0 Å². The van der Waals surface area contributed by atoms with Crippen molar-refractivity contribution in [1.29, 1.82) is 0 Å².